The van der Waals surface area contributed by atoms with Crippen LogP contribution in [0.2, 0.25) is 0 Å². The molecule has 0 aromatic heterocycles. The fourth-order valence-corrected chi connectivity index (χ4v) is 5.24. The van der Waals surface area contributed by atoms with Crippen molar-refractivity contribution in [3.05, 3.63) is 29.8 Å². The van der Waals surface area contributed by atoms with Crippen LogP contribution < -0.4 is 4.72 Å². The highest BCUT2D eigenvalue weighted by molar-refractivity contribution is 7.89. The molecule has 3 rings (SSSR count). The Morgan fingerprint density at radius 2 is 1.70 bits per heavy atom. The van der Waals surface area contributed by atoms with Gasteiger partial charge in [-0.3, -0.25) is 9.59 Å². The average Bonchev–Trinajstić information content (AvgIpc) is 3.27. The number of nitrogens with zero attached hydrogens (tertiary/aromatic N) is 1. The van der Waals surface area contributed by atoms with Crippen LogP contribution in [0.15, 0.2) is 29.2 Å². The molecule has 148 valence electrons. The topological polar surface area (TPSA) is 104 Å². The molecule has 8 heteroatoms. The first-order chi connectivity index (χ1) is 12.4. The number of rotatable bonds is 4. The lowest BCUT2D eigenvalue weighted by Crippen LogP contribution is -2.40. The van der Waals surface area contributed by atoms with Gasteiger partial charge in [-0.05, 0) is 69.7 Å². The van der Waals surface area contributed by atoms with Gasteiger partial charge in [0.05, 0.1) is 10.8 Å². The van der Waals surface area contributed by atoms with Gasteiger partial charge in [0.1, 0.15) is 0 Å². The number of hydrogen-bond acceptors (Lipinski definition) is 4. The van der Waals surface area contributed by atoms with Crippen molar-refractivity contribution in [2.75, 3.05) is 13.1 Å². The Bertz CT molecular complexity index is 847. The summed E-state index contributed by atoms with van der Waals surface area (Å²) in [5.74, 6) is -1.16. The third-order valence-electron chi connectivity index (χ3n) is 5.39. The summed E-state index contributed by atoms with van der Waals surface area (Å²) in [5, 5.41) is 9.15. The second-order valence-corrected chi connectivity index (χ2v) is 10.3. The van der Waals surface area contributed by atoms with Gasteiger partial charge in [-0.15, -0.1) is 0 Å². The van der Waals surface area contributed by atoms with Gasteiger partial charge >= 0.3 is 5.97 Å². The predicted molar refractivity (Wildman–Crippen MR) is 99.8 cm³/mol. The number of aliphatic carboxylic acids is 1. The summed E-state index contributed by atoms with van der Waals surface area (Å²) in [6.07, 6.45) is 2.12. The standard InChI is InChI=1S/C19H26N2O5S/c1-18(2,3)20-27(25,26)14-6-4-13(5-7-14)16(22)21-10-8-19(9-11-21)12-15(19)17(23)24/h4-7,15,20H,8-12H2,1-3H3,(H,23,24). The van der Waals surface area contributed by atoms with E-state index >= 15 is 0 Å². The lowest BCUT2D eigenvalue weighted by atomic mass is 9.90. The van der Waals surface area contributed by atoms with Gasteiger partial charge in [0, 0.05) is 24.2 Å². The zero-order chi connectivity index (χ0) is 20.0. The first-order valence-corrected chi connectivity index (χ1v) is 10.6. The molecule has 7 nitrogen and oxygen atoms in total. The Kier molecular flexibility index (Phi) is 4.84. The van der Waals surface area contributed by atoms with E-state index in [0.717, 1.165) is 0 Å². The minimum Gasteiger partial charge on any atom is -0.481 e. The minimum atomic E-state index is -3.64. The van der Waals surface area contributed by atoms with Crippen LogP contribution in [0.4, 0.5) is 0 Å². The summed E-state index contributed by atoms with van der Waals surface area (Å²) in [6.45, 7) is 6.36. The SMILES string of the molecule is CC(C)(C)NS(=O)(=O)c1ccc(C(=O)N2CCC3(CC2)CC3C(=O)O)cc1. The van der Waals surface area contributed by atoms with Gasteiger partial charge in [0.25, 0.3) is 5.91 Å². The zero-order valence-corrected chi connectivity index (χ0v) is 16.7. The first-order valence-electron chi connectivity index (χ1n) is 9.10. The largest absolute Gasteiger partial charge is 0.481 e. The van der Waals surface area contributed by atoms with E-state index in [1.54, 1.807) is 25.7 Å². The molecule has 1 atom stereocenters. The van der Waals surface area contributed by atoms with Crippen molar-refractivity contribution in [3.8, 4) is 0 Å². The van der Waals surface area contributed by atoms with E-state index in [-0.39, 0.29) is 22.1 Å². The van der Waals surface area contributed by atoms with E-state index in [1.807, 2.05) is 0 Å². The lowest BCUT2D eigenvalue weighted by molar-refractivity contribution is -0.139. The van der Waals surface area contributed by atoms with Crippen LogP contribution in [0.25, 0.3) is 0 Å². The van der Waals surface area contributed by atoms with Crippen molar-refractivity contribution < 1.29 is 23.1 Å². The Morgan fingerprint density at radius 1 is 1.15 bits per heavy atom. The fourth-order valence-electron chi connectivity index (χ4n) is 3.83. The van der Waals surface area contributed by atoms with E-state index in [0.29, 0.717) is 37.9 Å². The fraction of sp³-hybridized carbons (Fsp3) is 0.579. The number of likely N-dealkylation sites (tertiary alicyclic amines) is 1. The first kappa shape index (κ1) is 19.8. The van der Waals surface area contributed by atoms with Gasteiger partial charge in [0.2, 0.25) is 10.0 Å². The van der Waals surface area contributed by atoms with Crippen LogP contribution in [0.3, 0.4) is 0 Å². The molecule has 1 saturated heterocycles. The molecule has 1 spiro atoms. The van der Waals surface area contributed by atoms with Crippen LogP contribution >= 0.6 is 0 Å². The molecule has 27 heavy (non-hydrogen) atoms. The maximum Gasteiger partial charge on any atom is 0.307 e. The number of carbonyl (C=O) groups excluding carboxylic acids is 1. The Hall–Kier alpha value is -1.93. The normalized spacial score (nSPS) is 21.9. The van der Waals surface area contributed by atoms with Crippen molar-refractivity contribution in [3.63, 3.8) is 0 Å². The second kappa shape index (κ2) is 6.60. The molecule has 1 aliphatic carbocycles. The number of hydrogen-bond donors (Lipinski definition) is 2. The Morgan fingerprint density at radius 3 is 2.15 bits per heavy atom. The van der Waals surface area contributed by atoms with Gasteiger partial charge in [-0.1, -0.05) is 0 Å². The van der Waals surface area contributed by atoms with E-state index in [4.69, 9.17) is 5.11 Å². The van der Waals surface area contributed by atoms with Gasteiger partial charge in [0.15, 0.2) is 0 Å². The highest BCUT2D eigenvalue weighted by atomic mass is 32.2. The molecule has 1 aromatic rings. The second-order valence-electron chi connectivity index (χ2n) is 8.63. The summed E-state index contributed by atoms with van der Waals surface area (Å²) in [6, 6.07) is 5.93. The smallest absolute Gasteiger partial charge is 0.307 e. The zero-order valence-electron chi connectivity index (χ0n) is 15.9. The molecule has 1 heterocycles. The van der Waals surface area contributed by atoms with Crippen molar-refractivity contribution in [2.45, 2.75) is 50.5 Å². The van der Waals surface area contributed by atoms with E-state index in [9.17, 15) is 18.0 Å². The van der Waals surface area contributed by atoms with Crippen molar-refractivity contribution in [1.82, 2.24) is 9.62 Å². The summed E-state index contributed by atoms with van der Waals surface area (Å²) in [5.41, 5.74) is -0.279. The van der Waals surface area contributed by atoms with Crippen LogP contribution in [-0.2, 0) is 14.8 Å². The van der Waals surface area contributed by atoms with Gasteiger partial charge < -0.3 is 10.0 Å². The molecule has 0 bridgehead atoms. The van der Waals surface area contributed by atoms with Gasteiger partial charge in [-0.25, -0.2) is 13.1 Å². The van der Waals surface area contributed by atoms with Crippen LogP contribution in [0.5, 0.6) is 0 Å². The molecular formula is C19H26N2O5S. The van der Waals surface area contributed by atoms with Crippen LogP contribution in [0, 0.1) is 11.3 Å². The third-order valence-corrected chi connectivity index (χ3v) is 7.16. The van der Waals surface area contributed by atoms with Crippen LogP contribution in [0.1, 0.15) is 50.4 Å². The Balaban J connectivity index is 1.64. The number of nitrogens with one attached hydrogen (secondary N) is 1. The third kappa shape index (κ3) is 4.16. The summed E-state index contributed by atoms with van der Waals surface area (Å²) >= 11 is 0. The summed E-state index contributed by atoms with van der Waals surface area (Å²) in [4.78, 5) is 25.7. The maximum absolute atomic E-state index is 12.7. The highest BCUT2D eigenvalue weighted by Crippen LogP contribution is 2.59. The Labute approximate surface area is 159 Å². The van der Waals surface area contributed by atoms with E-state index in [2.05, 4.69) is 4.72 Å². The number of benzene rings is 1. The molecule has 1 aromatic carbocycles. The maximum atomic E-state index is 12.7. The number of carboxylic acid groups (broad SMARTS) is 1. The lowest BCUT2D eigenvalue weighted by Gasteiger charge is -2.32. The number of piperidine rings is 1. The highest BCUT2D eigenvalue weighted by Gasteiger charge is 2.59. The molecule has 2 fully saturated rings. The molecule has 1 unspecified atom stereocenters. The van der Waals surface area contributed by atoms with Gasteiger partial charge in [-0.2, -0.15) is 0 Å². The molecule has 1 amide bonds. The number of sulfonamides is 1. The average molecular weight is 394 g/mol. The van der Waals surface area contributed by atoms with Crippen molar-refractivity contribution >= 4 is 21.9 Å². The molecule has 1 aliphatic heterocycles. The molecule has 2 aliphatic rings. The summed E-state index contributed by atoms with van der Waals surface area (Å²) in [7, 11) is -3.64. The molecule has 2 N–H and O–H groups in total. The molecular weight excluding hydrogens is 368 g/mol. The molecule has 0 radical (unpaired) electrons. The number of amides is 1. The van der Waals surface area contributed by atoms with E-state index < -0.39 is 21.5 Å². The predicted octanol–water partition coefficient (Wildman–Crippen LogP) is 2.09. The summed E-state index contributed by atoms with van der Waals surface area (Å²) < 4.78 is 27.3. The monoisotopic (exact) mass is 394 g/mol. The van der Waals surface area contributed by atoms with Crippen molar-refractivity contribution in [1.29, 1.82) is 0 Å². The van der Waals surface area contributed by atoms with Crippen LogP contribution in [-0.4, -0.2) is 48.9 Å². The number of carboxylic acids is 1. The number of carbonyl (C=O) groups is 2. The quantitative estimate of drug-likeness (QED) is 0.814. The van der Waals surface area contributed by atoms with Crippen molar-refractivity contribution in [2.24, 2.45) is 11.3 Å². The minimum absolute atomic E-state index is 0.119. The molecule has 1 saturated carbocycles. The van der Waals surface area contributed by atoms with E-state index in [1.165, 1.54) is 24.3 Å².